The third-order valence-electron chi connectivity index (χ3n) is 5.17. The molecule has 0 fully saturated rings. The van der Waals surface area contributed by atoms with E-state index in [0.29, 0.717) is 40.8 Å². The Morgan fingerprint density at radius 2 is 1.85 bits per heavy atom. The Labute approximate surface area is 194 Å². The fraction of sp³-hybridized carbons (Fsp3) is 0.174. The minimum Gasteiger partial charge on any atom is -0.319 e. The molecule has 0 saturated heterocycles. The summed E-state index contributed by atoms with van der Waals surface area (Å²) in [6.45, 7) is 4.12. The quantitative estimate of drug-likeness (QED) is 0.317. The molecule has 4 aromatic rings. The second-order valence-electron chi connectivity index (χ2n) is 7.65. The number of hydrogen-bond donors (Lipinski definition) is 1. The summed E-state index contributed by atoms with van der Waals surface area (Å²) >= 11 is 6.03. The normalized spacial score (nSPS) is 10.9. The molecule has 33 heavy (non-hydrogen) atoms. The molecule has 1 amide bonds. The van der Waals surface area contributed by atoms with Gasteiger partial charge in [-0.15, -0.1) is 0 Å². The van der Waals surface area contributed by atoms with E-state index in [1.54, 1.807) is 53.8 Å². The van der Waals surface area contributed by atoms with Gasteiger partial charge in [0.2, 0.25) is 0 Å². The molecule has 1 N–H and O–H groups in total. The number of halogens is 1. The molecule has 0 atom stereocenters. The summed E-state index contributed by atoms with van der Waals surface area (Å²) in [4.78, 5) is 23.6. The predicted molar refractivity (Wildman–Crippen MR) is 125 cm³/mol. The van der Waals surface area contributed by atoms with Crippen LogP contribution in [0, 0.1) is 24.0 Å². The highest BCUT2D eigenvalue weighted by Crippen LogP contribution is 2.23. The molecule has 10 heteroatoms. The Hall–Kier alpha value is -3.98. The summed E-state index contributed by atoms with van der Waals surface area (Å²) in [5.41, 5.74) is 3.69. The molecule has 0 unspecified atom stereocenters. The average molecular weight is 465 g/mol. The van der Waals surface area contributed by atoms with Crippen LogP contribution < -0.4 is 5.32 Å². The largest absolute Gasteiger partial charge is 0.319 e. The number of nitrogens with zero attached hydrogens (tertiary/aromatic N) is 5. The minimum atomic E-state index is -0.426. The average Bonchev–Trinajstić information content (AvgIpc) is 3.31. The standard InChI is InChI=1S/C23H21ClN6O3/c1-15-22(30(32)33)16(2)29(27-15)13-17-5-3-7-19(9-17)23(31)26-21-11-25-28(14-21)12-18-6-4-8-20(24)10-18/h3-11,14H,12-13H2,1-2H3,(H,26,31). The van der Waals surface area contributed by atoms with Crippen LogP contribution >= 0.6 is 11.6 Å². The zero-order valence-electron chi connectivity index (χ0n) is 18.0. The number of carbonyl (C=O) groups excluding carboxylic acids is 1. The van der Waals surface area contributed by atoms with Gasteiger partial charge in [-0.1, -0.05) is 35.9 Å². The summed E-state index contributed by atoms with van der Waals surface area (Å²) < 4.78 is 3.29. The Bertz CT molecular complexity index is 1340. The van der Waals surface area contributed by atoms with Gasteiger partial charge in [-0.25, -0.2) is 0 Å². The predicted octanol–water partition coefficient (Wildman–Crippen LogP) is 4.61. The molecule has 0 aliphatic heterocycles. The monoisotopic (exact) mass is 464 g/mol. The summed E-state index contributed by atoms with van der Waals surface area (Å²) in [6.07, 6.45) is 3.33. The summed E-state index contributed by atoms with van der Waals surface area (Å²) in [6, 6.07) is 14.6. The van der Waals surface area contributed by atoms with Gasteiger partial charge in [0.15, 0.2) is 0 Å². The molecular weight excluding hydrogens is 444 g/mol. The summed E-state index contributed by atoms with van der Waals surface area (Å²) in [5, 5.41) is 23.3. The number of amides is 1. The fourth-order valence-corrected chi connectivity index (χ4v) is 3.84. The van der Waals surface area contributed by atoms with Gasteiger partial charge < -0.3 is 5.32 Å². The van der Waals surface area contributed by atoms with Crippen molar-refractivity contribution in [3.05, 3.63) is 104 Å². The number of aryl methyl sites for hydroxylation is 1. The van der Waals surface area contributed by atoms with Crippen molar-refractivity contribution in [3.8, 4) is 0 Å². The van der Waals surface area contributed by atoms with Gasteiger partial charge in [0.1, 0.15) is 11.4 Å². The minimum absolute atomic E-state index is 0.0127. The molecular formula is C23H21ClN6O3. The Morgan fingerprint density at radius 1 is 1.12 bits per heavy atom. The third-order valence-corrected chi connectivity index (χ3v) is 5.41. The van der Waals surface area contributed by atoms with Crippen molar-refractivity contribution in [1.29, 1.82) is 0 Å². The summed E-state index contributed by atoms with van der Waals surface area (Å²) in [5.74, 6) is -0.279. The molecule has 0 aliphatic rings. The van der Waals surface area contributed by atoms with Crippen molar-refractivity contribution in [3.63, 3.8) is 0 Å². The molecule has 0 aliphatic carbocycles. The maximum atomic E-state index is 12.8. The Kier molecular flexibility index (Phi) is 6.23. The molecule has 0 bridgehead atoms. The molecule has 2 aromatic carbocycles. The van der Waals surface area contributed by atoms with Crippen molar-refractivity contribution in [2.24, 2.45) is 0 Å². The van der Waals surface area contributed by atoms with Crippen LogP contribution in [0.1, 0.15) is 32.9 Å². The van der Waals surface area contributed by atoms with Gasteiger partial charge in [0.05, 0.1) is 29.9 Å². The zero-order valence-corrected chi connectivity index (χ0v) is 18.8. The first kappa shape index (κ1) is 22.2. The van der Waals surface area contributed by atoms with Crippen LogP contribution in [0.3, 0.4) is 0 Å². The number of benzene rings is 2. The molecule has 2 aromatic heterocycles. The maximum Gasteiger partial charge on any atom is 0.312 e. The van der Waals surface area contributed by atoms with Crippen molar-refractivity contribution >= 4 is 28.9 Å². The van der Waals surface area contributed by atoms with Gasteiger partial charge >= 0.3 is 5.69 Å². The lowest BCUT2D eigenvalue weighted by Gasteiger charge is -2.07. The van der Waals surface area contributed by atoms with Crippen LogP contribution in [0.5, 0.6) is 0 Å². The molecule has 0 spiro atoms. The highest BCUT2D eigenvalue weighted by molar-refractivity contribution is 6.30. The molecule has 9 nitrogen and oxygen atoms in total. The van der Waals surface area contributed by atoms with Crippen LogP contribution in [-0.4, -0.2) is 30.4 Å². The van der Waals surface area contributed by atoms with Gasteiger partial charge in [0.25, 0.3) is 5.91 Å². The smallest absolute Gasteiger partial charge is 0.312 e. The molecule has 168 valence electrons. The number of carbonyl (C=O) groups is 1. The van der Waals surface area contributed by atoms with Crippen LogP contribution in [0.2, 0.25) is 5.02 Å². The van der Waals surface area contributed by atoms with E-state index in [1.807, 2.05) is 30.3 Å². The van der Waals surface area contributed by atoms with E-state index in [2.05, 4.69) is 15.5 Å². The second-order valence-corrected chi connectivity index (χ2v) is 8.08. The van der Waals surface area contributed by atoms with E-state index < -0.39 is 4.92 Å². The lowest BCUT2D eigenvalue weighted by molar-refractivity contribution is -0.386. The lowest BCUT2D eigenvalue weighted by atomic mass is 10.1. The van der Waals surface area contributed by atoms with Crippen LogP contribution in [0.15, 0.2) is 60.9 Å². The number of anilines is 1. The fourth-order valence-electron chi connectivity index (χ4n) is 3.63. The van der Waals surface area contributed by atoms with Gasteiger partial charge in [-0.2, -0.15) is 10.2 Å². The topological polar surface area (TPSA) is 108 Å². The van der Waals surface area contributed by atoms with Crippen LogP contribution in [0.25, 0.3) is 0 Å². The van der Waals surface area contributed by atoms with E-state index >= 15 is 0 Å². The highest BCUT2D eigenvalue weighted by Gasteiger charge is 2.21. The van der Waals surface area contributed by atoms with E-state index in [1.165, 1.54) is 0 Å². The highest BCUT2D eigenvalue weighted by atomic mass is 35.5. The SMILES string of the molecule is Cc1nn(Cc2cccc(C(=O)Nc3cnn(Cc4cccc(Cl)c4)c3)c2)c(C)c1[N+](=O)[O-]. The maximum absolute atomic E-state index is 12.8. The molecule has 0 radical (unpaired) electrons. The first-order valence-electron chi connectivity index (χ1n) is 10.2. The first-order chi connectivity index (χ1) is 15.8. The van der Waals surface area contributed by atoms with Gasteiger partial charge in [-0.3, -0.25) is 24.3 Å². The second kappa shape index (κ2) is 9.25. The first-order valence-corrected chi connectivity index (χ1v) is 10.5. The van der Waals surface area contributed by atoms with Gasteiger partial charge in [0, 0.05) is 16.8 Å². The van der Waals surface area contributed by atoms with Crippen molar-refractivity contribution < 1.29 is 9.72 Å². The van der Waals surface area contributed by atoms with Crippen LogP contribution in [-0.2, 0) is 13.1 Å². The molecule has 0 saturated carbocycles. The molecule has 2 heterocycles. The number of aromatic nitrogens is 4. The van der Waals surface area contributed by atoms with E-state index in [0.717, 1.165) is 11.1 Å². The zero-order chi connectivity index (χ0) is 23.5. The summed E-state index contributed by atoms with van der Waals surface area (Å²) in [7, 11) is 0. The Balaban J connectivity index is 1.45. The van der Waals surface area contributed by atoms with Crippen molar-refractivity contribution in [1.82, 2.24) is 19.6 Å². The lowest BCUT2D eigenvalue weighted by Crippen LogP contribution is -2.12. The number of hydrogen-bond acceptors (Lipinski definition) is 5. The Morgan fingerprint density at radius 3 is 2.55 bits per heavy atom. The van der Waals surface area contributed by atoms with Crippen molar-refractivity contribution in [2.45, 2.75) is 26.9 Å². The van der Waals surface area contributed by atoms with E-state index in [-0.39, 0.29) is 11.6 Å². The number of nitro groups is 1. The van der Waals surface area contributed by atoms with E-state index in [9.17, 15) is 14.9 Å². The third kappa shape index (κ3) is 5.09. The van der Waals surface area contributed by atoms with E-state index in [4.69, 9.17) is 11.6 Å². The molecule has 4 rings (SSSR count). The van der Waals surface area contributed by atoms with Crippen LogP contribution in [0.4, 0.5) is 11.4 Å². The van der Waals surface area contributed by atoms with Gasteiger partial charge in [-0.05, 0) is 49.2 Å². The number of nitrogens with one attached hydrogen (secondary N) is 1. The number of rotatable bonds is 7. The van der Waals surface area contributed by atoms with Crippen molar-refractivity contribution in [2.75, 3.05) is 5.32 Å².